The first kappa shape index (κ1) is 27.1. The van der Waals surface area contributed by atoms with Crippen LogP contribution in [0.3, 0.4) is 0 Å². The molecule has 2 saturated heterocycles. The molecule has 0 aromatic heterocycles. The van der Waals surface area contributed by atoms with Crippen LogP contribution < -0.4 is 0 Å². The largest absolute Gasteiger partial charge is 0.392 e. The molecule has 0 aromatic rings. The number of rotatable bonds is 12. The maximum atomic E-state index is 9.83. The summed E-state index contributed by atoms with van der Waals surface area (Å²) in [7, 11) is 0. The van der Waals surface area contributed by atoms with Crippen molar-refractivity contribution in [1.29, 1.82) is 0 Å². The van der Waals surface area contributed by atoms with E-state index in [1.807, 2.05) is 6.92 Å². The summed E-state index contributed by atoms with van der Waals surface area (Å²) in [5.41, 5.74) is 2.40. The molecule has 198 valence electrons. The molecule has 0 radical (unpaired) electrons. The van der Waals surface area contributed by atoms with Crippen molar-refractivity contribution in [1.82, 2.24) is 0 Å². The van der Waals surface area contributed by atoms with Crippen LogP contribution in [0.4, 0.5) is 0 Å². The molecule has 4 rings (SSSR count). The van der Waals surface area contributed by atoms with Crippen LogP contribution in [0.25, 0.3) is 0 Å². The van der Waals surface area contributed by atoms with Gasteiger partial charge < -0.3 is 24.1 Å². The Morgan fingerprint density at radius 3 is 2.54 bits per heavy atom. The topological polar surface area (TPSA) is 57.2 Å². The average molecular weight is 489 g/mol. The van der Waals surface area contributed by atoms with Gasteiger partial charge in [-0.05, 0) is 87.7 Å². The Bertz CT molecular complexity index is 716. The van der Waals surface area contributed by atoms with E-state index in [-0.39, 0.29) is 31.4 Å². The number of unbranched alkanes of at least 4 members (excludes halogenated alkanes) is 2. The zero-order valence-electron chi connectivity index (χ0n) is 22.0. The van der Waals surface area contributed by atoms with E-state index in [1.54, 1.807) is 0 Å². The van der Waals surface area contributed by atoms with Gasteiger partial charge in [-0.2, -0.15) is 0 Å². The lowest BCUT2D eigenvalue weighted by atomic mass is 9.88. The van der Waals surface area contributed by atoms with Crippen molar-refractivity contribution in [2.24, 2.45) is 17.8 Å². The predicted octanol–water partition coefficient (Wildman–Crippen LogP) is 6.47. The Morgan fingerprint density at radius 2 is 1.89 bits per heavy atom. The third kappa shape index (κ3) is 7.52. The summed E-state index contributed by atoms with van der Waals surface area (Å²) in [5, 5.41) is 9.83. The highest BCUT2D eigenvalue weighted by Gasteiger charge is 2.46. The molecule has 1 N–H and O–H groups in total. The van der Waals surface area contributed by atoms with Gasteiger partial charge in [-0.25, -0.2) is 0 Å². The first-order valence-corrected chi connectivity index (χ1v) is 14.4. The van der Waals surface area contributed by atoms with Crippen molar-refractivity contribution in [3.05, 3.63) is 35.5 Å². The number of allylic oxidation sites excluding steroid dienone is 2. The van der Waals surface area contributed by atoms with Crippen molar-refractivity contribution in [3.63, 3.8) is 0 Å². The van der Waals surface area contributed by atoms with E-state index in [0.29, 0.717) is 17.8 Å². The van der Waals surface area contributed by atoms with E-state index in [4.69, 9.17) is 18.9 Å². The average Bonchev–Trinajstić information content (AvgIpc) is 3.42. The van der Waals surface area contributed by atoms with Gasteiger partial charge in [0.15, 0.2) is 12.6 Å². The Kier molecular flexibility index (Phi) is 10.9. The summed E-state index contributed by atoms with van der Waals surface area (Å²) in [5.74, 6) is 1.34. The lowest BCUT2D eigenvalue weighted by Crippen LogP contribution is -2.31. The predicted molar refractivity (Wildman–Crippen MR) is 139 cm³/mol. The third-order valence-corrected chi connectivity index (χ3v) is 8.35. The van der Waals surface area contributed by atoms with Crippen LogP contribution in [0.1, 0.15) is 90.9 Å². The first-order valence-electron chi connectivity index (χ1n) is 14.4. The Morgan fingerprint density at radius 1 is 1.11 bits per heavy atom. The summed E-state index contributed by atoms with van der Waals surface area (Å²) in [6.07, 6.45) is 22.7. The van der Waals surface area contributed by atoms with Gasteiger partial charge in [-0.1, -0.05) is 50.5 Å². The molecule has 7 unspecified atom stereocenters. The molecule has 1 saturated carbocycles. The van der Waals surface area contributed by atoms with Gasteiger partial charge in [0.05, 0.1) is 18.8 Å². The van der Waals surface area contributed by atoms with Crippen LogP contribution in [0, 0.1) is 17.8 Å². The minimum atomic E-state index is -0.0689. The molecule has 0 bridgehead atoms. The Balaban J connectivity index is 1.47. The van der Waals surface area contributed by atoms with Gasteiger partial charge in [0.2, 0.25) is 0 Å². The number of ether oxygens (including phenoxy) is 4. The molecule has 0 spiro atoms. The van der Waals surface area contributed by atoms with Gasteiger partial charge >= 0.3 is 0 Å². The number of hydrogen-bond donors (Lipinski definition) is 1. The maximum absolute atomic E-state index is 9.83. The van der Waals surface area contributed by atoms with E-state index >= 15 is 0 Å². The number of fused-ring (bicyclic) bond motifs is 1. The molecule has 3 fully saturated rings. The minimum absolute atomic E-state index is 0.0669. The summed E-state index contributed by atoms with van der Waals surface area (Å²) in [4.78, 5) is 0. The quantitative estimate of drug-likeness (QED) is 0.252. The summed E-state index contributed by atoms with van der Waals surface area (Å²) in [6.45, 7) is 6.01. The Hall–Kier alpha value is -0.980. The van der Waals surface area contributed by atoms with Crippen molar-refractivity contribution in [3.8, 4) is 0 Å². The first-order chi connectivity index (χ1) is 17.2. The number of aliphatic hydroxyl groups is 1. The smallest absolute Gasteiger partial charge is 0.158 e. The van der Waals surface area contributed by atoms with Crippen LogP contribution in [-0.4, -0.2) is 49.7 Å². The monoisotopic (exact) mass is 488 g/mol. The van der Waals surface area contributed by atoms with Crippen LogP contribution >= 0.6 is 0 Å². The highest BCUT2D eigenvalue weighted by atomic mass is 16.7. The molecular weight excluding hydrogens is 440 g/mol. The minimum Gasteiger partial charge on any atom is -0.392 e. The molecule has 0 aromatic carbocycles. The summed E-state index contributed by atoms with van der Waals surface area (Å²) in [6, 6.07) is 0. The van der Waals surface area contributed by atoms with Gasteiger partial charge in [-0.15, -0.1) is 0 Å². The fourth-order valence-electron chi connectivity index (χ4n) is 6.33. The second-order valence-electron chi connectivity index (χ2n) is 10.8. The van der Waals surface area contributed by atoms with Crippen molar-refractivity contribution in [2.75, 3.05) is 19.8 Å². The van der Waals surface area contributed by atoms with Crippen LogP contribution in [-0.2, 0) is 18.9 Å². The highest BCUT2D eigenvalue weighted by molar-refractivity contribution is 5.37. The number of aliphatic hydroxyl groups excluding tert-OH is 1. The fraction of sp³-hybridized carbons (Fsp3) is 0.800. The Labute approximate surface area is 212 Å². The molecule has 2 heterocycles. The number of hydrogen-bond acceptors (Lipinski definition) is 5. The lowest BCUT2D eigenvalue weighted by Gasteiger charge is -2.30. The second kappa shape index (κ2) is 14.1. The molecule has 2 aliphatic carbocycles. The zero-order valence-corrected chi connectivity index (χ0v) is 22.0. The highest BCUT2D eigenvalue weighted by Crippen LogP contribution is 2.50. The van der Waals surface area contributed by atoms with Gasteiger partial charge in [0, 0.05) is 19.1 Å². The molecule has 5 heteroatoms. The van der Waals surface area contributed by atoms with E-state index in [0.717, 1.165) is 63.7 Å². The zero-order chi connectivity index (χ0) is 24.5. The van der Waals surface area contributed by atoms with Crippen molar-refractivity contribution < 1.29 is 24.1 Å². The van der Waals surface area contributed by atoms with Crippen molar-refractivity contribution in [2.45, 2.75) is 116 Å². The molecule has 7 atom stereocenters. The van der Waals surface area contributed by atoms with Crippen molar-refractivity contribution >= 4 is 0 Å². The normalized spacial score (nSPS) is 34.8. The van der Waals surface area contributed by atoms with Gasteiger partial charge in [0.25, 0.3) is 0 Å². The molecule has 0 amide bonds. The SMILES string of the molecule is CC=C(CO)C1=CC2CC(OC3CCCCO3)C(C=CC(CCCCC)OC3CCCCO3)C2C1. The van der Waals surface area contributed by atoms with E-state index in [9.17, 15) is 5.11 Å². The second-order valence-corrected chi connectivity index (χ2v) is 10.8. The summed E-state index contributed by atoms with van der Waals surface area (Å²) < 4.78 is 24.9. The van der Waals surface area contributed by atoms with Gasteiger partial charge in [-0.3, -0.25) is 0 Å². The van der Waals surface area contributed by atoms with E-state index in [2.05, 4.69) is 31.2 Å². The van der Waals surface area contributed by atoms with Crippen LogP contribution in [0.15, 0.2) is 35.5 Å². The maximum Gasteiger partial charge on any atom is 0.158 e. The van der Waals surface area contributed by atoms with E-state index in [1.165, 1.54) is 37.7 Å². The molecule has 4 aliphatic rings. The molecule has 2 aliphatic heterocycles. The molecule has 35 heavy (non-hydrogen) atoms. The van der Waals surface area contributed by atoms with Crippen LogP contribution in [0.2, 0.25) is 0 Å². The van der Waals surface area contributed by atoms with E-state index < -0.39 is 0 Å². The third-order valence-electron chi connectivity index (χ3n) is 8.35. The fourth-order valence-corrected chi connectivity index (χ4v) is 6.33. The van der Waals surface area contributed by atoms with Crippen LogP contribution in [0.5, 0.6) is 0 Å². The lowest BCUT2D eigenvalue weighted by molar-refractivity contribution is -0.193. The summed E-state index contributed by atoms with van der Waals surface area (Å²) >= 11 is 0. The molecular formula is C30H48O5. The van der Waals surface area contributed by atoms with Gasteiger partial charge in [0.1, 0.15) is 0 Å². The molecule has 5 nitrogen and oxygen atoms in total. The standard InChI is InChI=1S/C30H48O5/c1-3-5-6-11-25(34-29-12-7-9-16-32-29)14-15-26-27-19-23(22(4-2)21-31)18-24(27)20-28(26)35-30-13-8-10-17-33-30/h4,14-15,18,24-31H,3,5-13,16-17,19-21H2,1-2H3.